The Morgan fingerprint density at radius 1 is 1.23 bits per heavy atom. The molecule has 0 aliphatic carbocycles. The second-order valence-electron chi connectivity index (χ2n) is 6.53. The molecule has 1 aromatic rings. The number of aliphatic hydroxyl groups is 1. The standard InChI is InChI=1S/C18H28O4/c1-6-11-21-13(2)16(12-19)22-17(20)14-7-9-15(10-8-14)18(3,4)5/h7-10,13,16,19H,6,11-12H2,1-5H3/t13-,16?/m0/s1. The molecule has 0 spiro atoms. The molecule has 22 heavy (non-hydrogen) atoms. The number of aliphatic hydroxyl groups excluding tert-OH is 1. The van der Waals surface area contributed by atoms with Gasteiger partial charge in [-0.05, 0) is 36.5 Å². The van der Waals surface area contributed by atoms with E-state index in [0.717, 1.165) is 12.0 Å². The quantitative estimate of drug-likeness (QED) is 0.785. The average Bonchev–Trinajstić information content (AvgIpc) is 2.49. The van der Waals surface area contributed by atoms with Gasteiger partial charge in [0.1, 0.15) is 0 Å². The summed E-state index contributed by atoms with van der Waals surface area (Å²) in [7, 11) is 0. The van der Waals surface area contributed by atoms with Crippen molar-refractivity contribution in [2.75, 3.05) is 13.2 Å². The zero-order valence-corrected chi connectivity index (χ0v) is 14.3. The van der Waals surface area contributed by atoms with Crippen molar-refractivity contribution in [1.82, 2.24) is 0 Å². The van der Waals surface area contributed by atoms with Gasteiger partial charge in [0, 0.05) is 6.61 Å². The molecule has 1 unspecified atom stereocenters. The molecule has 4 nitrogen and oxygen atoms in total. The third kappa shape index (κ3) is 5.43. The molecular formula is C18H28O4. The van der Waals surface area contributed by atoms with Gasteiger partial charge in [0.2, 0.25) is 0 Å². The summed E-state index contributed by atoms with van der Waals surface area (Å²) in [6, 6.07) is 7.38. The first-order valence-electron chi connectivity index (χ1n) is 7.83. The molecule has 0 aliphatic rings. The van der Waals surface area contributed by atoms with Crippen LogP contribution in [0.4, 0.5) is 0 Å². The van der Waals surface area contributed by atoms with E-state index in [-0.39, 0.29) is 18.1 Å². The van der Waals surface area contributed by atoms with Crippen molar-refractivity contribution in [2.45, 2.75) is 58.7 Å². The van der Waals surface area contributed by atoms with E-state index in [9.17, 15) is 9.90 Å². The second-order valence-corrected chi connectivity index (χ2v) is 6.53. The molecule has 0 heterocycles. The summed E-state index contributed by atoms with van der Waals surface area (Å²) >= 11 is 0. The highest BCUT2D eigenvalue weighted by Gasteiger charge is 2.22. The van der Waals surface area contributed by atoms with Gasteiger partial charge in [0.15, 0.2) is 6.10 Å². The zero-order chi connectivity index (χ0) is 16.8. The Hall–Kier alpha value is -1.39. The number of carbonyl (C=O) groups excluding carboxylic acids is 1. The Kier molecular flexibility index (Phi) is 7.04. The van der Waals surface area contributed by atoms with Crippen LogP contribution >= 0.6 is 0 Å². The van der Waals surface area contributed by atoms with Gasteiger partial charge in [-0.1, -0.05) is 39.8 Å². The first-order valence-corrected chi connectivity index (χ1v) is 7.83. The lowest BCUT2D eigenvalue weighted by molar-refractivity contribution is -0.0628. The molecule has 1 rings (SSSR count). The highest BCUT2D eigenvalue weighted by Crippen LogP contribution is 2.22. The fraction of sp³-hybridized carbons (Fsp3) is 0.611. The maximum absolute atomic E-state index is 12.2. The van der Waals surface area contributed by atoms with Crippen molar-refractivity contribution in [1.29, 1.82) is 0 Å². The van der Waals surface area contributed by atoms with Crippen molar-refractivity contribution in [3.8, 4) is 0 Å². The number of rotatable bonds is 7. The summed E-state index contributed by atoms with van der Waals surface area (Å²) < 4.78 is 10.9. The van der Waals surface area contributed by atoms with Crippen LogP contribution < -0.4 is 0 Å². The monoisotopic (exact) mass is 308 g/mol. The summed E-state index contributed by atoms with van der Waals surface area (Å²) in [6.07, 6.45) is -0.103. The van der Waals surface area contributed by atoms with Gasteiger partial charge in [0.05, 0.1) is 18.3 Å². The van der Waals surface area contributed by atoms with E-state index < -0.39 is 12.1 Å². The topological polar surface area (TPSA) is 55.8 Å². The van der Waals surface area contributed by atoms with E-state index in [1.54, 1.807) is 19.1 Å². The van der Waals surface area contributed by atoms with E-state index >= 15 is 0 Å². The third-order valence-electron chi connectivity index (χ3n) is 3.53. The normalized spacial score (nSPS) is 14.5. The van der Waals surface area contributed by atoms with Crippen LogP contribution in [0, 0.1) is 0 Å². The maximum atomic E-state index is 12.2. The first-order chi connectivity index (χ1) is 10.3. The van der Waals surface area contributed by atoms with E-state index in [4.69, 9.17) is 9.47 Å². The predicted octanol–water partition coefficient (Wildman–Crippen LogP) is 3.32. The van der Waals surface area contributed by atoms with Crippen LogP contribution in [0.25, 0.3) is 0 Å². The summed E-state index contributed by atoms with van der Waals surface area (Å²) in [5.74, 6) is -0.438. The zero-order valence-electron chi connectivity index (χ0n) is 14.3. The van der Waals surface area contributed by atoms with Crippen molar-refractivity contribution < 1.29 is 19.4 Å². The Morgan fingerprint density at radius 3 is 2.27 bits per heavy atom. The minimum atomic E-state index is -0.652. The van der Waals surface area contributed by atoms with Crippen molar-refractivity contribution in [3.05, 3.63) is 35.4 Å². The molecule has 0 fully saturated rings. The van der Waals surface area contributed by atoms with Gasteiger partial charge in [-0.25, -0.2) is 4.79 Å². The van der Waals surface area contributed by atoms with Gasteiger partial charge < -0.3 is 14.6 Å². The minimum absolute atomic E-state index is 0.0403. The number of hydrogen-bond acceptors (Lipinski definition) is 4. The van der Waals surface area contributed by atoms with E-state index in [0.29, 0.717) is 12.2 Å². The molecule has 1 N–H and O–H groups in total. The molecular weight excluding hydrogens is 280 g/mol. The highest BCUT2D eigenvalue weighted by molar-refractivity contribution is 5.89. The third-order valence-corrected chi connectivity index (χ3v) is 3.53. The van der Waals surface area contributed by atoms with Crippen LogP contribution in [-0.2, 0) is 14.9 Å². The molecule has 2 atom stereocenters. The van der Waals surface area contributed by atoms with Crippen LogP contribution in [0.5, 0.6) is 0 Å². The summed E-state index contributed by atoms with van der Waals surface area (Å²) in [6.45, 7) is 10.5. The fourth-order valence-electron chi connectivity index (χ4n) is 2.00. The Bertz CT molecular complexity index is 459. The van der Waals surface area contributed by atoms with Crippen molar-refractivity contribution in [2.24, 2.45) is 0 Å². The minimum Gasteiger partial charge on any atom is -0.454 e. The van der Waals surface area contributed by atoms with Crippen LogP contribution in [0.1, 0.15) is 57.0 Å². The van der Waals surface area contributed by atoms with Gasteiger partial charge in [-0.3, -0.25) is 0 Å². The van der Waals surface area contributed by atoms with Gasteiger partial charge in [0.25, 0.3) is 0 Å². The van der Waals surface area contributed by atoms with Crippen LogP contribution in [0.15, 0.2) is 24.3 Å². The van der Waals surface area contributed by atoms with Crippen LogP contribution in [0.3, 0.4) is 0 Å². The molecule has 124 valence electrons. The van der Waals surface area contributed by atoms with Gasteiger partial charge >= 0.3 is 5.97 Å². The summed E-state index contributed by atoms with van der Waals surface area (Å²) in [5.41, 5.74) is 1.68. The number of esters is 1. The van der Waals surface area contributed by atoms with E-state index in [1.165, 1.54) is 0 Å². The number of carbonyl (C=O) groups is 1. The fourth-order valence-corrected chi connectivity index (χ4v) is 2.00. The van der Waals surface area contributed by atoms with Crippen LogP contribution in [-0.4, -0.2) is 36.5 Å². The molecule has 0 saturated carbocycles. The Morgan fingerprint density at radius 2 is 1.82 bits per heavy atom. The Labute approximate surface area is 133 Å². The SMILES string of the molecule is CCCO[C@@H](C)C(CO)OC(=O)c1ccc(C(C)(C)C)cc1. The lowest BCUT2D eigenvalue weighted by Gasteiger charge is -2.23. The van der Waals surface area contributed by atoms with Crippen molar-refractivity contribution in [3.63, 3.8) is 0 Å². The lowest BCUT2D eigenvalue weighted by atomic mass is 9.87. The molecule has 0 bridgehead atoms. The molecule has 0 saturated heterocycles. The van der Waals surface area contributed by atoms with Gasteiger partial charge in [-0.2, -0.15) is 0 Å². The maximum Gasteiger partial charge on any atom is 0.338 e. The van der Waals surface area contributed by atoms with Crippen molar-refractivity contribution >= 4 is 5.97 Å². The van der Waals surface area contributed by atoms with Gasteiger partial charge in [-0.15, -0.1) is 0 Å². The molecule has 0 amide bonds. The number of ether oxygens (including phenoxy) is 2. The Balaban J connectivity index is 2.70. The lowest BCUT2D eigenvalue weighted by Crippen LogP contribution is -2.34. The predicted molar refractivity (Wildman–Crippen MR) is 87.1 cm³/mol. The molecule has 1 aromatic carbocycles. The second kappa shape index (κ2) is 8.30. The average molecular weight is 308 g/mol. The summed E-state index contributed by atoms with van der Waals surface area (Å²) in [5, 5.41) is 9.39. The van der Waals surface area contributed by atoms with E-state index in [1.807, 2.05) is 19.1 Å². The molecule has 0 aromatic heterocycles. The first kappa shape index (κ1) is 18.7. The molecule has 4 heteroatoms. The number of hydrogen-bond donors (Lipinski definition) is 1. The van der Waals surface area contributed by atoms with Crippen LogP contribution in [0.2, 0.25) is 0 Å². The highest BCUT2D eigenvalue weighted by atomic mass is 16.6. The molecule has 0 radical (unpaired) electrons. The molecule has 0 aliphatic heterocycles. The smallest absolute Gasteiger partial charge is 0.338 e. The number of benzene rings is 1. The largest absolute Gasteiger partial charge is 0.454 e. The van der Waals surface area contributed by atoms with E-state index in [2.05, 4.69) is 20.8 Å². The summed E-state index contributed by atoms with van der Waals surface area (Å²) in [4.78, 5) is 12.2.